The van der Waals surface area contributed by atoms with Crippen LogP contribution in [0.4, 0.5) is 0 Å². The SMILES string of the molecule is CCC(C(=O)NCCCOC)C(N)=S. The monoisotopic (exact) mass is 218 g/mol. The van der Waals surface area contributed by atoms with Crippen LogP contribution in [0.3, 0.4) is 0 Å². The minimum absolute atomic E-state index is 0.0869. The molecule has 3 N–H and O–H groups in total. The minimum atomic E-state index is -0.340. The van der Waals surface area contributed by atoms with Gasteiger partial charge in [-0.2, -0.15) is 0 Å². The van der Waals surface area contributed by atoms with E-state index in [0.29, 0.717) is 19.6 Å². The molecule has 0 rings (SSSR count). The molecule has 1 amide bonds. The average molecular weight is 218 g/mol. The normalized spacial score (nSPS) is 12.1. The summed E-state index contributed by atoms with van der Waals surface area (Å²) in [5.74, 6) is -0.427. The second kappa shape index (κ2) is 7.70. The first kappa shape index (κ1) is 13.3. The lowest BCUT2D eigenvalue weighted by Gasteiger charge is -2.12. The Hall–Kier alpha value is -0.680. The second-order valence-electron chi connectivity index (χ2n) is 3.00. The fourth-order valence-corrected chi connectivity index (χ4v) is 1.34. The fourth-order valence-electron chi connectivity index (χ4n) is 1.07. The van der Waals surface area contributed by atoms with Gasteiger partial charge in [-0.3, -0.25) is 4.79 Å². The standard InChI is InChI=1S/C9H18N2O2S/c1-3-7(8(10)14)9(12)11-5-4-6-13-2/h7H,3-6H2,1-2H3,(H2,10,14)(H,11,12). The molecule has 82 valence electrons. The number of ether oxygens (including phenoxy) is 1. The molecule has 0 aromatic carbocycles. The molecule has 0 aliphatic rings. The van der Waals surface area contributed by atoms with E-state index in [-0.39, 0.29) is 16.8 Å². The summed E-state index contributed by atoms with van der Waals surface area (Å²) in [5, 5.41) is 2.76. The van der Waals surface area contributed by atoms with Crippen molar-refractivity contribution in [1.82, 2.24) is 5.32 Å². The molecule has 0 bridgehead atoms. The Labute approximate surface area is 90.2 Å². The van der Waals surface area contributed by atoms with E-state index in [4.69, 9.17) is 22.7 Å². The molecule has 0 saturated heterocycles. The number of methoxy groups -OCH3 is 1. The molecule has 0 aromatic rings. The maximum Gasteiger partial charge on any atom is 0.229 e. The van der Waals surface area contributed by atoms with Gasteiger partial charge in [0.25, 0.3) is 0 Å². The molecule has 4 nitrogen and oxygen atoms in total. The highest BCUT2D eigenvalue weighted by Crippen LogP contribution is 2.02. The van der Waals surface area contributed by atoms with E-state index in [2.05, 4.69) is 5.32 Å². The first-order valence-electron chi connectivity index (χ1n) is 4.69. The van der Waals surface area contributed by atoms with Crippen LogP contribution >= 0.6 is 12.2 Å². The van der Waals surface area contributed by atoms with Crippen molar-refractivity contribution >= 4 is 23.1 Å². The molecule has 0 fully saturated rings. The van der Waals surface area contributed by atoms with Crippen LogP contribution in [0.1, 0.15) is 19.8 Å². The molecule has 0 heterocycles. The van der Waals surface area contributed by atoms with Gasteiger partial charge < -0.3 is 15.8 Å². The highest BCUT2D eigenvalue weighted by atomic mass is 32.1. The number of carbonyl (C=O) groups is 1. The Balaban J connectivity index is 3.76. The van der Waals surface area contributed by atoms with Crippen LogP contribution < -0.4 is 11.1 Å². The van der Waals surface area contributed by atoms with Gasteiger partial charge in [-0.1, -0.05) is 19.1 Å². The van der Waals surface area contributed by atoms with Gasteiger partial charge in [0.15, 0.2) is 0 Å². The van der Waals surface area contributed by atoms with Crippen molar-refractivity contribution in [2.75, 3.05) is 20.3 Å². The van der Waals surface area contributed by atoms with Crippen molar-refractivity contribution in [3.8, 4) is 0 Å². The van der Waals surface area contributed by atoms with E-state index in [1.54, 1.807) is 7.11 Å². The number of rotatable bonds is 7. The van der Waals surface area contributed by atoms with Crippen molar-refractivity contribution < 1.29 is 9.53 Å². The zero-order valence-corrected chi connectivity index (χ0v) is 9.52. The molecule has 5 heteroatoms. The average Bonchev–Trinajstić information content (AvgIpc) is 2.13. The van der Waals surface area contributed by atoms with Gasteiger partial charge in [0, 0.05) is 20.3 Å². The topological polar surface area (TPSA) is 64.3 Å². The van der Waals surface area contributed by atoms with Crippen molar-refractivity contribution in [3.63, 3.8) is 0 Å². The molecule has 0 aliphatic heterocycles. The quantitative estimate of drug-likeness (QED) is 0.481. The van der Waals surface area contributed by atoms with Crippen LogP contribution in [0.5, 0.6) is 0 Å². The predicted molar refractivity (Wildman–Crippen MR) is 60.1 cm³/mol. The summed E-state index contributed by atoms with van der Waals surface area (Å²) in [5.41, 5.74) is 5.42. The summed E-state index contributed by atoms with van der Waals surface area (Å²) >= 11 is 4.79. The van der Waals surface area contributed by atoms with Gasteiger partial charge in [-0.05, 0) is 12.8 Å². The van der Waals surface area contributed by atoms with Crippen LogP contribution in [0.15, 0.2) is 0 Å². The zero-order chi connectivity index (χ0) is 11.0. The molecule has 0 radical (unpaired) electrons. The number of amides is 1. The number of carbonyl (C=O) groups excluding carboxylic acids is 1. The third-order valence-corrected chi connectivity index (χ3v) is 2.18. The molecule has 1 unspecified atom stereocenters. The lowest BCUT2D eigenvalue weighted by molar-refractivity contribution is -0.123. The summed E-state index contributed by atoms with van der Waals surface area (Å²) in [6.45, 7) is 3.13. The molecule has 1 atom stereocenters. The Morgan fingerprint density at radius 1 is 1.64 bits per heavy atom. The highest BCUT2D eigenvalue weighted by molar-refractivity contribution is 7.80. The molecule has 14 heavy (non-hydrogen) atoms. The molecular formula is C9H18N2O2S. The van der Waals surface area contributed by atoms with Gasteiger partial charge in [0.1, 0.15) is 0 Å². The minimum Gasteiger partial charge on any atom is -0.393 e. The Morgan fingerprint density at radius 3 is 2.71 bits per heavy atom. The number of nitrogens with one attached hydrogen (secondary N) is 1. The maximum absolute atomic E-state index is 11.5. The summed E-state index contributed by atoms with van der Waals surface area (Å²) < 4.78 is 4.86. The van der Waals surface area contributed by atoms with Gasteiger partial charge in [-0.15, -0.1) is 0 Å². The summed E-state index contributed by atoms with van der Waals surface area (Å²) in [6.07, 6.45) is 1.45. The van der Waals surface area contributed by atoms with E-state index >= 15 is 0 Å². The van der Waals surface area contributed by atoms with E-state index in [1.807, 2.05) is 6.92 Å². The number of nitrogens with two attached hydrogens (primary N) is 1. The van der Waals surface area contributed by atoms with Crippen LogP contribution in [0.25, 0.3) is 0 Å². The first-order chi connectivity index (χ1) is 6.63. The van der Waals surface area contributed by atoms with Gasteiger partial charge in [-0.25, -0.2) is 0 Å². The summed E-state index contributed by atoms with van der Waals surface area (Å²) in [6, 6.07) is 0. The smallest absolute Gasteiger partial charge is 0.229 e. The molecular weight excluding hydrogens is 200 g/mol. The van der Waals surface area contributed by atoms with Crippen molar-refractivity contribution in [1.29, 1.82) is 0 Å². The molecule has 0 spiro atoms. The molecule has 0 aliphatic carbocycles. The zero-order valence-electron chi connectivity index (χ0n) is 8.71. The van der Waals surface area contributed by atoms with Gasteiger partial charge in [0.2, 0.25) is 5.91 Å². The Kier molecular flexibility index (Phi) is 7.32. The van der Waals surface area contributed by atoms with Crippen molar-refractivity contribution in [2.24, 2.45) is 11.7 Å². The third kappa shape index (κ3) is 5.14. The third-order valence-electron chi connectivity index (χ3n) is 1.89. The van der Waals surface area contributed by atoms with Crippen LogP contribution in [0.2, 0.25) is 0 Å². The van der Waals surface area contributed by atoms with Crippen LogP contribution in [0, 0.1) is 5.92 Å². The van der Waals surface area contributed by atoms with Crippen molar-refractivity contribution in [3.05, 3.63) is 0 Å². The van der Waals surface area contributed by atoms with E-state index < -0.39 is 0 Å². The van der Waals surface area contributed by atoms with Gasteiger partial charge >= 0.3 is 0 Å². The largest absolute Gasteiger partial charge is 0.393 e. The van der Waals surface area contributed by atoms with E-state index in [1.165, 1.54) is 0 Å². The van der Waals surface area contributed by atoms with E-state index in [9.17, 15) is 4.79 Å². The number of thiocarbonyl (C=S) groups is 1. The lowest BCUT2D eigenvalue weighted by Crippen LogP contribution is -2.38. The maximum atomic E-state index is 11.5. The second-order valence-corrected chi connectivity index (χ2v) is 3.47. The number of hydrogen-bond donors (Lipinski definition) is 2. The molecule has 0 aromatic heterocycles. The Morgan fingerprint density at radius 2 is 2.29 bits per heavy atom. The predicted octanol–water partition coefficient (Wildman–Crippen LogP) is 0.451. The van der Waals surface area contributed by atoms with Crippen LogP contribution in [-0.4, -0.2) is 31.2 Å². The van der Waals surface area contributed by atoms with Crippen molar-refractivity contribution in [2.45, 2.75) is 19.8 Å². The number of hydrogen-bond acceptors (Lipinski definition) is 3. The fraction of sp³-hybridized carbons (Fsp3) is 0.778. The summed E-state index contributed by atoms with van der Waals surface area (Å²) in [4.78, 5) is 11.7. The van der Waals surface area contributed by atoms with E-state index in [0.717, 1.165) is 6.42 Å². The highest BCUT2D eigenvalue weighted by Gasteiger charge is 2.18. The lowest BCUT2D eigenvalue weighted by atomic mass is 10.1. The first-order valence-corrected chi connectivity index (χ1v) is 5.10. The van der Waals surface area contributed by atoms with Crippen LogP contribution in [-0.2, 0) is 9.53 Å². The molecule has 0 saturated carbocycles. The van der Waals surface area contributed by atoms with Gasteiger partial charge in [0.05, 0.1) is 10.9 Å². The Bertz CT molecular complexity index is 197. The summed E-state index contributed by atoms with van der Waals surface area (Å²) in [7, 11) is 1.63.